The molecule has 0 aliphatic heterocycles. The van der Waals surface area contributed by atoms with Crippen LogP contribution in [0.3, 0.4) is 0 Å². The average molecular weight is 354 g/mol. The monoisotopic (exact) mass is 353 g/mol. The molecule has 2 aromatic heterocycles. The average Bonchev–Trinajstić information content (AvgIpc) is 3.08. The fourth-order valence-corrected chi connectivity index (χ4v) is 3.63. The van der Waals surface area contributed by atoms with Crippen molar-refractivity contribution < 1.29 is 0 Å². The van der Waals surface area contributed by atoms with E-state index in [2.05, 4.69) is 10.1 Å². The number of benzene rings is 2. The van der Waals surface area contributed by atoms with Crippen LogP contribution < -0.4 is 10.1 Å². The number of hydrogen-bond donors (Lipinski definition) is 0. The summed E-state index contributed by atoms with van der Waals surface area (Å²) in [6.07, 6.45) is 1.81. The Kier molecular flexibility index (Phi) is 3.67. The third-order valence-corrected chi connectivity index (χ3v) is 4.91. The second-order valence-corrected chi connectivity index (χ2v) is 6.86. The summed E-state index contributed by atoms with van der Waals surface area (Å²) in [6.45, 7) is 2.00. The molecule has 0 saturated carbocycles. The second-order valence-electron chi connectivity index (χ2n) is 5.42. The number of hydrogen-bond acceptors (Lipinski definition) is 4. The zero-order chi connectivity index (χ0) is 16.7. The summed E-state index contributed by atoms with van der Waals surface area (Å²) in [6, 6.07) is 15.2. The van der Waals surface area contributed by atoms with Gasteiger partial charge in [0.1, 0.15) is 0 Å². The standard InChI is InChI=1S/C18H12ClN3OS/c1-11-5-2-3-8-14(11)16-20-18-22(21-16)17(23)15(24-18)10-12-6-4-7-13(19)9-12/h2-10H,1H3. The molecule has 118 valence electrons. The van der Waals surface area contributed by atoms with E-state index in [9.17, 15) is 4.79 Å². The Morgan fingerprint density at radius 3 is 2.75 bits per heavy atom. The lowest BCUT2D eigenvalue weighted by Gasteiger charge is -1.98. The van der Waals surface area contributed by atoms with Crippen molar-refractivity contribution in [2.24, 2.45) is 0 Å². The van der Waals surface area contributed by atoms with Gasteiger partial charge in [0.05, 0.1) is 4.53 Å². The fraction of sp³-hybridized carbons (Fsp3) is 0.0556. The molecule has 0 aliphatic rings. The summed E-state index contributed by atoms with van der Waals surface area (Å²) in [5, 5.41) is 5.02. The Hall–Kier alpha value is -2.50. The van der Waals surface area contributed by atoms with Gasteiger partial charge < -0.3 is 0 Å². The van der Waals surface area contributed by atoms with Crippen LogP contribution >= 0.6 is 22.9 Å². The van der Waals surface area contributed by atoms with Gasteiger partial charge in [-0.3, -0.25) is 4.79 Å². The number of halogens is 1. The van der Waals surface area contributed by atoms with Crippen LogP contribution in [0.5, 0.6) is 0 Å². The lowest BCUT2D eigenvalue weighted by atomic mass is 10.1. The van der Waals surface area contributed by atoms with Crippen LogP contribution in [0.1, 0.15) is 11.1 Å². The molecule has 4 rings (SSSR count). The quantitative estimate of drug-likeness (QED) is 0.555. The van der Waals surface area contributed by atoms with E-state index in [0.29, 0.717) is 20.3 Å². The molecule has 4 nitrogen and oxygen atoms in total. The normalized spacial score (nSPS) is 12.2. The molecule has 6 heteroatoms. The van der Waals surface area contributed by atoms with E-state index in [4.69, 9.17) is 11.6 Å². The van der Waals surface area contributed by atoms with E-state index >= 15 is 0 Å². The number of aromatic nitrogens is 3. The Balaban J connectivity index is 1.85. The summed E-state index contributed by atoms with van der Waals surface area (Å²) < 4.78 is 1.95. The van der Waals surface area contributed by atoms with E-state index in [-0.39, 0.29) is 5.56 Å². The first-order chi connectivity index (χ1) is 11.6. The van der Waals surface area contributed by atoms with Gasteiger partial charge >= 0.3 is 0 Å². The van der Waals surface area contributed by atoms with Gasteiger partial charge in [-0.1, -0.05) is 59.3 Å². The lowest BCUT2D eigenvalue weighted by molar-refractivity contribution is 0.936. The fourth-order valence-electron chi connectivity index (χ4n) is 2.52. The maximum atomic E-state index is 12.6. The maximum absolute atomic E-state index is 12.6. The van der Waals surface area contributed by atoms with Crippen LogP contribution in [-0.2, 0) is 0 Å². The van der Waals surface area contributed by atoms with Crippen molar-refractivity contribution in [3.8, 4) is 11.4 Å². The van der Waals surface area contributed by atoms with Crippen LogP contribution in [-0.4, -0.2) is 14.6 Å². The summed E-state index contributed by atoms with van der Waals surface area (Å²) in [5.41, 5.74) is 2.73. The first-order valence-corrected chi connectivity index (χ1v) is 8.54. The highest BCUT2D eigenvalue weighted by Gasteiger charge is 2.13. The SMILES string of the molecule is Cc1ccccc1-c1nc2sc(=Cc3cccc(Cl)c3)c(=O)n2n1. The van der Waals surface area contributed by atoms with Crippen molar-refractivity contribution in [2.45, 2.75) is 6.92 Å². The van der Waals surface area contributed by atoms with Gasteiger partial charge in [-0.05, 0) is 36.3 Å². The Morgan fingerprint density at radius 2 is 2.00 bits per heavy atom. The highest BCUT2D eigenvalue weighted by atomic mass is 35.5. The van der Waals surface area contributed by atoms with Crippen LogP contribution in [0, 0.1) is 6.92 Å². The van der Waals surface area contributed by atoms with E-state index in [1.54, 1.807) is 6.07 Å². The molecule has 2 aromatic carbocycles. The van der Waals surface area contributed by atoms with Crippen molar-refractivity contribution >= 4 is 34.0 Å². The first-order valence-electron chi connectivity index (χ1n) is 7.35. The van der Waals surface area contributed by atoms with Gasteiger partial charge in [-0.15, -0.1) is 5.10 Å². The summed E-state index contributed by atoms with van der Waals surface area (Å²) >= 11 is 7.31. The molecule has 0 radical (unpaired) electrons. The number of fused-ring (bicyclic) bond motifs is 1. The van der Waals surface area contributed by atoms with Gasteiger partial charge in [0.2, 0.25) is 4.96 Å². The smallest absolute Gasteiger partial charge is 0.266 e. The molecule has 2 heterocycles. The third kappa shape index (κ3) is 2.62. The molecule has 0 atom stereocenters. The molecule has 0 bridgehead atoms. The summed E-state index contributed by atoms with van der Waals surface area (Å²) in [5.74, 6) is 0.575. The second kappa shape index (κ2) is 5.85. The highest BCUT2D eigenvalue weighted by Crippen LogP contribution is 2.20. The third-order valence-electron chi connectivity index (χ3n) is 3.71. The van der Waals surface area contributed by atoms with E-state index in [0.717, 1.165) is 16.7 Å². The van der Waals surface area contributed by atoms with Crippen LogP contribution in [0.25, 0.3) is 22.4 Å². The minimum Gasteiger partial charge on any atom is -0.266 e. The van der Waals surface area contributed by atoms with Gasteiger partial charge in [0.25, 0.3) is 5.56 Å². The molecule has 0 N–H and O–H groups in total. The van der Waals surface area contributed by atoms with Crippen molar-refractivity contribution in [2.75, 3.05) is 0 Å². The topological polar surface area (TPSA) is 47.3 Å². The molecule has 0 fully saturated rings. The number of thiazole rings is 1. The van der Waals surface area contributed by atoms with Crippen LogP contribution in [0.4, 0.5) is 0 Å². The zero-order valence-electron chi connectivity index (χ0n) is 12.7. The van der Waals surface area contributed by atoms with Gasteiger partial charge in [-0.2, -0.15) is 9.50 Å². The van der Waals surface area contributed by atoms with Crippen LogP contribution in [0.15, 0.2) is 53.3 Å². The summed E-state index contributed by atoms with van der Waals surface area (Å²) in [7, 11) is 0. The van der Waals surface area contributed by atoms with Crippen LogP contribution in [0.2, 0.25) is 5.02 Å². The predicted octanol–water partition coefficient (Wildman–Crippen LogP) is 3.33. The van der Waals surface area contributed by atoms with Gasteiger partial charge in [0, 0.05) is 10.6 Å². The Morgan fingerprint density at radius 1 is 1.17 bits per heavy atom. The number of rotatable bonds is 2. The highest BCUT2D eigenvalue weighted by molar-refractivity contribution is 7.15. The largest absolute Gasteiger partial charge is 0.291 e. The summed E-state index contributed by atoms with van der Waals surface area (Å²) in [4.78, 5) is 17.7. The van der Waals surface area contributed by atoms with Crippen molar-refractivity contribution in [1.82, 2.24) is 14.6 Å². The molecule has 0 aliphatic carbocycles. The number of aryl methyl sites for hydroxylation is 1. The molecule has 0 amide bonds. The Bertz CT molecular complexity index is 1160. The molecule has 0 unspecified atom stereocenters. The molecule has 4 aromatic rings. The van der Waals surface area contributed by atoms with Crippen molar-refractivity contribution in [3.63, 3.8) is 0 Å². The van der Waals surface area contributed by atoms with E-state index in [1.165, 1.54) is 15.9 Å². The van der Waals surface area contributed by atoms with E-state index in [1.807, 2.05) is 55.5 Å². The molecule has 24 heavy (non-hydrogen) atoms. The van der Waals surface area contributed by atoms with Crippen molar-refractivity contribution in [3.05, 3.63) is 79.6 Å². The molecule has 0 saturated heterocycles. The minimum absolute atomic E-state index is 0.165. The molecule has 0 spiro atoms. The first kappa shape index (κ1) is 15.1. The zero-order valence-corrected chi connectivity index (χ0v) is 14.3. The Labute approximate surface area is 146 Å². The maximum Gasteiger partial charge on any atom is 0.291 e. The van der Waals surface area contributed by atoms with Gasteiger partial charge in [0.15, 0.2) is 5.82 Å². The van der Waals surface area contributed by atoms with Gasteiger partial charge in [-0.25, -0.2) is 0 Å². The lowest BCUT2D eigenvalue weighted by Crippen LogP contribution is -2.23. The molecular formula is C18H12ClN3OS. The van der Waals surface area contributed by atoms with E-state index < -0.39 is 0 Å². The molecular weight excluding hydrogens is 342 g/mol. The predicted molar refractivity (Wildman–Crippen MR) is 97.5 cm³/mol. The van der Waals surface area contributed by atoms with Crippen molar-refractivity contribution in [1.29, 1.82) is 0 Å². The number of nitrogens with zero attached hydrogens (tertiary/aromatic N) is 3. The minimum atomic E-state index is -0.165.